The number of nitrogens with one attached hydrogen (secondary N) is 1. The van der Waals surface area contributed by atoms with Gasteiger partial charge < -0.3 is 5.32 Å². The first kappa shape index (κ1) is 13.5. The number of thiazole rings is 1. The van der Waals surface area contributed by atoms with Crippen molar-refractivity contribution >= 4 is 22.7 Å². The van der Waals surface area contributed by atoms with Gasteiger partial charge in [0.1, 0.15) is 5.01 Å². The van der Waals surface area contributed by atoms with Crippen LogP contribution in [0.15, 0.2) is 47.8 Å². The first-order valence-electron chi connectivity index (χ1n) is 6.62. The summed E-state index contributed by atoms with van der Waals surface area (Å²) >= 11 is 3.56. The van der Waals surface area contributed by atoms with E-state index in [1.807, 2.05) is 24.5 Å². The Morgan fingerprint density at radius 1 is 1.10 bits per heavy atom. The van der Waals surface area contributed by atoms with Gasteiger partial charge in [-0.15, -0.1) is 22.7 Å². The molecule has 0 atom stereocenters. The summed E-state index contributed by atoms with van der Waals surface area (Å²) in [6, 6.07) is 14.7. The maximum atomic E-state index is 4.88. The Morgan fingerprint density at radius 3 is 2.65 bits per heavy atom. The molecule has 20 heavy (non-hydrogen) atoms. The van der Waals surface area contributed by atoms with Crippen LogP contribution in [0.1, 0.15) is 4.88 Å². The maximum absolute atomic E-state index is 4.88. The SMILES string of the molecule is CNCCc1sc(-c2cccs2)nc1-c1ccccc1. The van der Waals surface area contributed by atoms with Crippen LogP contribution >= 0.6 is 22.7 Å². The molecular weight excluding hydrogens is 284 g/mol. The first-order valence-corrected chi connectivity index (χ1v) is 8.31. The van der Waals surface area contributed by atoms with Crippen molar-refractivity contribution in [3.63, 3.8) is 0 Å². The molecule has 0 aliphatic rings. The van der Waals surface area contributed by atoms with Gasteiger partial charge in [0.15, 0.2) is 0 Å². The molecule has 2 nitrogen and oxygen atoms in total. The van der Waals surface area contributed by atoms with Gasteiger partial charge in [-0.1, -0.05) is 36.4 Å². The van der Waals surface area contributed by atoms with Crippen LogP contribution in [0, 0.1) is 0 Å². The van der Waals surface area contributed by atoms with Gasteiger partial charge in [-0.3, -0.25) is 0 Å². The van der Waals surface area contributed by atoms with Crippen LogP contribution in [0.2, 0.25) is 0 Å². The smallest absolute Gasteiger partial charge is 0.134 e. The van der Waals surface area contributed by atoms with Gasteiger partial charge in [-0.05, 0) is 31.5 Å². The molecule has 2 aromatic heterocycles. The van der Waals surface area contributed by atoms with Gasteiger partial charge >= 0.3 is 0 Å². The van der Waals surface area contributed by atoms with Crippen molar-refractivity contribution < 1.29 is 0 Å². The average Bonchev–Trinajstić information content (AvgIpc) is 3.15. The summed E-state index contributed by atoms with van der Waals surface area (Å²) in [5.41, 5.74) is 2.34. The molecule has 2 heterocycles. The van der Waals surface area contributed by atoms with Gasteiger partial charge in [0.2, 0.25) is 0 Å². The number of hydrogen-bond donors (Lipinski definition) is 1. The molecule has 0 saturated carbocycles. The van der Waals surface area contributed by atoms with Crippen molar-refractivity contribution in [1.29, 1.82) is 0 Å². The molecule has 4 heteroatoms. The quantitative estimate of drug-likeness (QED) is 0.760. The standard InChI is InChI=1S/C16H16N2S2/c1-17-10-9-13-15(12-6-3-2-4-7-12)18-16(20-13)14-8-5-11-19-14/h2-8,11,17H,9-10H2,1H3. The Kier molecular flexibility index (Phi) is 4.25. The second-order valence-electron chi connectivity index (χ2n) is 4.49. The van der Waals surface area contributed by atoms with Crippen LogP contribution in [-0.4, -0.2) is 18.6 Å². The Hall–Kier alpha value is -1.49. The van der Waals surface area contributed by atoms with Crippen molar-refractivity contribution in [2.45, 2.75) is 6.42 Å². The molecule has 1 N–H and O–H groups in total. The lowest BCUT2D eigenvalue weighted by Gasteiger charge is -2.01. The van der Waals surface area contributed by atoms with E-state index >= 15 is 0 Å². The minimum absolute atomic E-state index is 0.978. The Morgan fingerprint density at radius 2 is 1.95 bits per heavy atom. The molecule has 3 aromatic rings. The third-order valence-corrected chi connectivity index (χ3v) is 5.23. The normalized spacial score (nSPS) is 10.8. The van der Waals surface area contributed by atoms with E-state index in [-0.39, 0.29) is 0 Å². The zero-order valence-corrected chi connectivity index (χ0v) is 12.9. The van der Waals surface area contributed by atoms with E-state index in [0.29, 0.717) is 0 Å². The summed E-state index contributed by atoms with van der Waals surface area (Å²) in [5, 5.41) is 6.45. The molecule has 0 unspecified atom stereocenters. The fourth-order valence-electron chi connectivity index (χ4n) is 2.09. The summed E-state index contributed by atoms with van der Waals surface area (Å²) in [7, 11) is 1.99. The first-order chi connectivity index (χ1) is 9.88. The summed E-state index contributed by atoms with van der Waals surface area (Å²) in [6.45, 7) is 0.978. The zero-order chi connectivity index (χ0) is 13.8. The molecule has 0 amide bonds. The Labute approximate surface area is 127 Å². The summed E-state index contributed by atoms with van der Waals surface area (Å²) in [4.78, 5) is 7.49. The molecule has 0 bridgehead atoms. The van der Waals surface area contributed by atoms with Crippen molar-refractivity contribution in [2.75, 3.05) is 13.6 Å². The summed E-state index contributed by atoms with van der Waals surface area (Å²) in [6.07, 6.45) is 1.02. The number of benzene rings is 1. The predicted octanol–water partition coefficient (Wildman–Crippen LogP) is 4.30. The fourth-order valence-corrected chi connectivity index (χ4v) is 3.97. The monoisotopic (exact) mass is 300 g/mol. The lowest BCUT2D eigenvalue weighted by molar-refractivity contribution is 0.799. The molecule has 0 aliphatic heterocycles. The lowest BCUT2D eigenvalue weighted by atomic mass is 10.1. The van der Waals surface area contributed by atoms with E-state index in [1.54, 1.807) is 11.3 Å². The number of aromatic nitrogens is 1. The highest BCUT2D eigenvalue weighted by atomic mass is 32.1. The van der Waals surface area contributed by atoms with Crippen molar-refractivity contribution in [1.82, 2.24) is 10.3 Å². The van der Waals surface area contributed by atoms with Crippen molar-refractivity contribution in [3.8, 4) is 21.1 Å². The molecule has 3 rings (SSSR count). The number of rotatable bonds is 5. The van der Waals surface area contributed by atoms with Gasteiger partial charge in [0.25, 0.3) is 0 Å². The fraction of sp³-hybridized carbons (Fsp3) is 0.188. The average molecular weight is 300 g/mol. The highest BCUT2D eigenvalue weighted by molar-refractivity contribution is 7.21. The topological polar surface area (TPSA) is 24.9 Å². The largest absolute Gasteiger partial charge is 0.319 e. The molecule has 0 radical (unpaired) electrons. The van der Waals surface area contributed by atoms with E-state index in [4.69, 9.17) is 4.98 Å². The van der Waals surface area contributed by atoms with E-state index in [1.165, 1.54) is 15.3 Å². The third kappa shape index (κ3) is 2.82. The van der Waals surface area contributed by atoms with Gasteiger partial charge in [-0.2, -0.15) is 0 Å². The highest BCUT2D eigenvalue weighted by Gasteiger charge is 2.14. The second kappa shape index (κ2) is 6.31. The molecule has 0 spiro atoms. The van der Waals surface area contributed by atoms with Crippen LogP contribution in [0.4, 0.5) is 0 Å². The molecule has 102 valence electrons. The molecule has 0 fully saturated rings. The highest BCUT2D eigenvalue weighted by Crippen LogP contribution is 2.35. The lowest BCUT2D eigenvalue weighted by Crippen LogP contribution is -2.09. The van der Waals surface area contributed by atoms with Crippen LogP contribution in [0.25, 0.3) is 21.1 Å². The van der Waals surface area contributed by atoms with Crippen LogP contribution in [0.5, 0.6) is 0 Å². The van der Waals surface area contributed by atoms with Gasteiger partial charge in [-0.25, -0.2) is 4.98 Å². The number of nitrogens with zero attached hydrogens (tertiary/aromatic N) is 1. The number of likely N-dealkylation sites (N-methyl/N-ethyl adjacent to an activating group) is 1. The molecule has 0 saturated heterocycles. The second-order valence-corrected chi connectivity index (χ2v) is 6.52. The van der Waals surface area contributed by atoms with E-state index < -0.39 is 0 Å². The minimum Gasteiger partial charge on any atom is -0.319 e. The third-order valence-electron chi connectivity index (χ3n) is 3.08. The molecule has 0 aliphatic carbocycles. The van der Waals surface area contributed by atoms with E-state index in [2.05, 4.69) is 47.1 Å². The Balaban J connectivity index is 2.02. The number of thiophene rings is 1. The zero-order valence-electron chi connectivity index (χ0n) is 11.3. The van der Waals surface area contributed by atoms with Crippen LogP contribution in [0.3, 0.4) is 0 Å². The van der Waals surface area contributed by atoms with Crippen LogP contribution in [-0.2, 0) is 6.42 Å². The van der Waals surface area contributed by atoms with Gasteiger partial charge in [0, 0.05) is 10.4 Å². The van der Waals surface area contributed by atoms with Crippen LogP contribution < -0.4 is 5.32 Å². The van der Waals surface area contributed by atoms with E-state index in [0.717, 1.165) is 23.7 Å². The van der Waals surface area contributed by atoms with Crippen molar-refractivity contribution in [2.24, 2.45) is 0 Å². The van der Waals surface area contributed by atoms with Gasteiger partial charge in [0.05, 0.1) is 10.6 Å². The van der Waals surface area contributed by atoms with E-state index in [9.17, 15) is 0 Å². The number of hydrogen-bond acceptors (Lipinski definition) is 4. The molecular formula is C16H16N2S2. The Bertz CT molecular complexity index is 657. The predicted molar refractivity (Wildman–Crippen MR) is 88.5 cm³/mol. The summed E-state index contributed by atoms with van der Waals surface area (Å²) < 4.78 is 0. The maximum Gasteiger partial charge on any atom is 0.134 e. The van der Waals surface area contributed by atoms with Crippen molar-refractivity contribution in [3.05, 3.63) is 52.7 Å². The summed E-state index contributed by atoms with van der Waals surface area (Å²) in [5.74, 6) is 0. The minimum atomic E-state index is 0.978. The molecule has 1 aromatic carbocycles.